The van der Waals surface area contributed by atoms with Crippen LogP contribution in [0.3, 0.4) is 0 Å². The molecule has 2 aromatic carbocycles. The number of aliphatic hydroxyl groups is 1. The van der Waals surface area contributed by atoms with Gasteiger partial charge in [0.15, 0.2) is 0 Å². The van der Waals surface area contributed by atoms with E-state index in [-0.39, 0.29) is 12.1 Å². The van der Waals surface area contributed by atoms with Gasteiger partial charge in [-0.05, 0) is 30.4 Å². The molecule has 0 bridgehead atoms. The van der Waals surface area contributed by atoms with Crippen LogP contribution in [0.25, 0.3) is 0 Å². The number of carbonyl (C=O) groups excluding carboxylic acids is 1. The Kier molecular flexibility index (Phi) is 10.4. The average Bonchev–Trinajstić information content (AvgIpc) is 2.77. The molecule has 1 N–H and O–H groups in total. The topological polar surface area (TPSA) is 65.0 Å². The smallest absolute Gasteiger partial charge is 0.305 e. The summed E-state index contributed by atoms with van der Waals surface area (Å²) in [4.78, 5) is 11.5. The molecule has 29 heavy (non-hydrogen) atoms. The molecule has 0 saturated heterocycles. The Morgan fingerprint density at radius 3 is 2.00 bits per heavy atom. The van der Waals surface area contributed by atoms with Crippen molar-refractivity contribution >= 4 is 5.97 Å². The van der Waals surface area contributed by atoms with Crippen molar-refractivity contribution in [2.75, 3.05) is 7.11 Å². The highest BCUT2D eigenvalue weighted by Crippen LogP contribution is 2.21. The molecule has 0 spiro atoms. The van der Waals surface area contributed by atoms with Crippen LogP contribution in [0.15, 0.2) is 60.7 Å². The number of methoxy groups -OCH3 is 1. The number of hydrogen-bond donors (Lipinski definition) is 1. The Morgan fingerprint density at radius 1 is 0.931 bits per heavy atom. The van der Waals surface area contributed by atoms with Crippen molar-refractivity contribution in [1.82, 2.24) is 0 Å². The predicted octanol–water partition coefficient (Wildman–Crippen LogP) is 4.27. The lowest BCUT2D eigenvalue weighted by Gasteiger charge is -2.31. The number of esters is 1. The van der Waals surface area contributed by atoms with Crippen LogP contribution in [0.2, 0.25) is 0 Å². The van der Waals surface area contributed by atoms with Gasteiger partial charge in [0.2, 0.25) is 0 Å². The van der Waals surface area contributed by atoms with Gasteiger partial charge in [-0.15, -0.1) is 0 Å². The first-order chi connectivity index (χ1) is 14.1. The maximum Gasteiger partial charge on any atom is 0.305 e. The fraction of sp³-hybridized carbons (Fsp3) is 0.458. The van der Waals surface area contributed by atoms with Crippen LogP contribution in [-0.2, 0) is 32.2 Å². The molecular weight excluding hydrogens is 368 g/mol. The Hall–Kier alpha value is -2.21. The molecule has 0 aliphatic carbocycles. The molecule has 2 aromatic rings. The van der Waals surface area contributed by atoms with E-state index >= 15 is 0 Å². The van der Waals surface area contributed by atoms with E-state index in [9.17, 15) is 9.90 Å². The van der Waals surface area contributed by atoms with Gasteiger partial charge in [0.25, 0.3) is 0 Å². The third-order valence-electron chi connectivity index (χ3n) is 4.85. The lowest BCUT2D eigenvalue weighted by Crippen LogP contribution is -2.41. The lowest BCUT2D eigenvalue weighted by molar-refractivity contribution is -0.143. The van der Waals surface area contributed by atoms with Gasteiger partial charge in [-0.2, -0.15) is 0 Å². The SMILES string of the molecule is CC[C@@H](O)[C@H](OCc1ccccc1)[C@@H](CCCC(=O)OC)OCc1ccccc1. The molecule has 0 heterocycles. The zero-order valence-electron chi connectivity index (χ0n) is 17.3. The van der Waals surface area contributed by atoms with E-state index in [1.165, 1.54) is 7.11 Å². The molecule has 0 radical (unpaired) electrons. The summed E-state index contributed by atoms with van der Waals surface area (Å²) in [5.41, 5.74) is 2.09. The first kappa shape index (κ1) is 23.1. The largest absolute Gasteiger partial charge is 0.469 e. The lowest BCUT2D eigenvalue weighted by atomic mass is 10.00. The average molecular weight is 401 g/mol. The molecule has 5 heteroatoms. The van der Waals surface area contributed by atoms with Gasteiger partial charge in [0.05, 0.1) is 32.5 Å². The first-order valence-corrected chi connectivity index (χ1v) is 10.2. The Bertz CT molecular complexity index is 689. The van der Waals surface area contributed by atoms with Gasteiger partial charge in [-0.25, -0.2) is 0 Å². The van der Waals surface area contributed by atoms with Crippen LogP contribution in [0.1, 0.15) is 43.7 Å². The number of hydrogen-bond acceptors (Lipinski definition) is 5. The molecule has 0 aliphatic rings. The van der Waals surface area contributed by atoms with Crippen molar-refractivity contribution in [2.24, 2.45) is 0 Å². The number of aliphatic hydroxyl groups excluding tert-OH is 1. The second-order valence-corrected chi connectivity index (χ2v) is 7.04. The van der Waals surface area contributed by atoms with Gasteiger partial charge in [-0.3, -0.25) is 4.79 Å². The van der Waals surface area contributed by atoms with Crippen LogP contribution in [0.5, 0.6) is 0 Å². The highest BCUT2D eigenvalue weighted by atomic mass is 16.5. The molecule has 2 rings (SSSR count). The van der Waals surface area contributed by atoms with Crippen molar-refractivity contribution in [2.45, 2.75) is 64.1 Å². The molecule has 0 unspecified atom stereocenters. The first-order valence-electron chi connectivity index (χ1n) is 10.2. The minimum Gasteiger partial charge on any atom is -0.469 e. The highest BCUT2D eigenvalue weighted by molar-refractivity contribution is 5.68. The van der Waals surface area contributed by atoms with Crippen LogP contribution < -0.4 is 0 Å². The van der Waals surface area contributed by atoms with Gasteiger partial charge < -0.3 is 19.3 Å². The molecule has 158 valence electrons. The summed E-state index contributed by atoms with van der Waals surface area (Å²) in [6, 6.07) is 19.8. The number of benzene rings is 2. The van der Waals surface area contributed by atoms with Crippen LogP contribution >= 0.6 is 0 Å². The quantitative estimate of drug-likeness (QED) is 0.509. The fourth-order valence-electron chi connectivity index (χ4n) is 3.13. The summed E-state index contributed by atoms with van der Waals surface area (Å²) in [5, 5.41) is 10.6. The van der Waals surface area contributed by atoms with Crippen LogP contribution in [0, 0.1) is 0 Å². The third-order valence-corrected chi connectivity index (χ3v) is 4.85. The Balaban J connectivity index is 2.06. The molecular formula is C24H32O5. The van der Waals surface area contributed by atoms with Gasteiger partial charge in [0.1, 0.15) is 6.10 Å². The molecule has 0 amide bonds. The third kappa shape index (κ3) is 8.36. The second-order valence-electron chi connectivity index (χ2n) is 7.04. The normalized spacial score (nSPS) is 14.2. The maximum absolute atomic E-state index is 11.5. The predicted molar refractivity (Wildman–Crippen MR) is 112 cm³/mol. The van der Waals surface area contributed by atoms with E-state index in [2.05, 4.69) is 0 Å². The van der Waals surface area contributed by atoms with E-state index in [0.29, 0.717) is 38.9 Å². The summed E-state index contributed by atoms with van der Waals surface area (Å²) in [5.74, 6) is -0.246. The van der Waals surface area contributed by atoms with Crippen molar-refractivity contribution in [3.8, 4) is 0 Å². The fourth-order valence-corrected chi connectivity index (χ4v) is 3.13. The summed E-state index contributed by atoms with van der Waals surface area (Å²) in [7, 11) is 1.39. The van der Waals surface area contributed by atoms with E-state index in [0.717, 1.165) is 11.1 Å². The number of ether oxygens (including phenoxy) is 3. The zero-order valence-corrected chi connectivity index (χ0v) is 17.3. The van der Waals surface area contributed by atoms with Gasteiger partial charge in [-0.1, -0.05) is 67.6 Å². The molecule has 3 atom stereocenters. The monoisotopic (exact) mass is 400 g/mol. The van der Waals surface area contributed by atoms with Gasteiger partial charge >= 0.3 is 5.97 Å². The molecule has 0 aromatic heterocycles. The Morgan fingerprint density at radius 2 is 1.48 bits per heavy atom. The second kappa shape index (κ2) is 13.1. The molecule has 0 fully saturated rings. The van der Waals surface area contributed by atoms with Crippen LogP contribution in [-0.4, -0.2) is 36.5 Å². The molecule has 0 aliphatic heterocycles. The standard InChI is InChI=1S/C24H32O5/c1-3-21(25)24(29-18-20-13-8-5-9-14-20)22(15-10-16-23(26)27-2)28-17-19-11-6-4-7-12-19/h4-9,11-14,21-22,24-25H,3,10,15-18H2,1-2H3/t21-,22-,24+/m1/s1. The molecule has 5 nitrogen and oxygen atoms in total. The van der Waals surface area contributed by atoms with E-state index in [1.807, 2.05) is 67.6 Å². The van der Waals surface area contributed by atoms with E-state index < -0.39 is 12.2 Å². The van der Waals surface area contributed by atoms with Crippen molar-refractivity contribution in [1.29, 1.82) is 0 Å². The van der Waals surface area contributed by atoms with Gasteiger partial charge in [0, 0.05) is 6.42 Å². The van der Waals surface area contributed by atoms with Crippen molar-refractivity contribution in [3.63, 3.8) is 0 Å². The van der Waals surface area contributed by atoms with Crippen molar-refractivity contribution in [3.05, 3.63) is 71.8 Å². The zero-order chi connectivity index (χ0) is 20.9. The number of rotatable bonds is 13. The summed E-state index contributed by atoms with van der Waals surface area (Å²) in [6.45, 7) is 2.74. The number of carbonyl (C=O) groups is 1. The summed E-state index contributed by atoms with van der Waals surface area (Å²) >= 11 is 0. The van der Waals surface area contributed by atoms with Crippen molar-refractivity contribution < 1.29 is 24.1 Å². The highest BCUT2D eigenvalue weighted by Gasteiger charge is 2.29. The maximum atomic E-state index is 11.5. The minimum absolute atomic E-state index is 0.246. The summed E-state index contributed by atoms with van der Waals surface area (Å²) in [6.07, 6.45) is 0.598. The Labute approximate surface area is 173 Å². The minimum atomic E-state index is -0.655. The van der Waals surface area contributed by atoms with E-state index in [1.54, 1.807) is 0 Å². The van der Waals surface area contributed by atoms with Crippen LogP contribution in [0.4, 0.5) is 0 Å². The van der Waals surface area contributed by atoms with E-state index in [4.69, 9.17) is 14.2 Å². The summed E-state index contributed by atoms with van der Waals surface area (Å²) < 4.78 is 17.0. The molecule has 0 saturated carbocycles.